The molecule has 1 aliphatic rings. The molecule has 5 nitrogen and oxygen atoms in total. The van der Waals surface area contributed by atoms with Gasteiger partial charge in [0.2, 0.25) is 5.91 Å². The number of likely N-dealkylation sites (tertiary alicyclic amines) is 1. The van der Waals surface area contributed by atoms with E-state index in [4.69, 9.17) is 0 Å². The van der Waals surface area contributed by atoms with E-state index in [0.717, 1.165) is 19.5 Å². The number of hydrogen-bond acceptors (Lipinski definition) is 4. The van der Waals surface area contributed by atoms with Crippen LogP contribution in [0.2, 0.25) is 0 Å². The predicted molar refractivity (Wildman–Crippen MR) is 60.4 cm³/mol. The lowest BCUT2D eigenvalue weighted by atomic mass is 10.2. The number of nitrogens with zero attached hydrogens (tertiary/aromatic N) is 3. The van der Waals surface area contributed by atoms with Crippen LogP contribution in [0.15, 0.2) is 0 Å². The molecule has 1 fully saturated rings. The van der Waals surface area contributed by atoms with Gasteiger partial charge in [0.15, 0.2) is 0 Å². The molecule has 0 aliphatic carbocycles. The van der Waals surface area contributed by atoms with E-state index in [-0.39, 0.29) is 5.91 Å². The van der Waals surface area contributed by atoms with Crippen molar-refractivity contribution in [3.05, 3.63) is 0 Å². The summed E-state index contributed by atoms with van der Waals surface area (Å²) in [7, 11) is 7.83. The van der Waals surface area contributed by atoms with Gasteiger partial charge in [0.1, 0.15) is 0 Å². The first kappa shape index (κ1) is 12.4. The topological polar surface area (TPSA) is 38.8 Å². The van der Waals surface area contributed by atoms with Crippen molar-refractivity contribution in [3.63, 3.8) is 0 Å². The molecule has 1 aliphatic heterocycles. The Hall–Kier alpha value is -0.650. The summed E-state index contributed by atoms with van der Waals surface area (Å²) >= 11 is 0. The summed E-state index contributed by atoms with van der Waals surface area (Å²) in [4.78, 5) is 15.9. The standard InChI is InChI=1S/C10H22N4O/c1-11-13(4)8-10(15)14-6-5-9(7-14)12(2)3/h9,11H,5-8H2,1-4H3. The maximum Gasteiger partial charge on any atom is 0.238 e. The molecule has 1 unspecified atom stereocenters. The molecule has 0 spiro atoms. The highest BCUT2D eigenvalue weighted by Crippen LogP contribution is 2.13. The van der Waals surface area contributed by atoms with Gasteiger partial charge in [0, 0.05) is 26.2 Å². The Balaban J connectivity index is 2.36. The van der Waals surface area contributed by atoms with Crippen molar-refractivity contribution in [3.8, 4) is 0 Å². The van der Waals surface area contributed by atoms with Crippen LogP contribution < -0.4 is 5.43 Å². The van der Waals surface area contributed by atoms with Gasteiger partial charge in [-0.25, -0.2) is 5.01 Å². The van der Waals surface area contributed by atoms with Gasteiger partial charge in [-0.3, -0.25) is 10.2 Å². The van der Waals surface area contributed by atoms with E-state index in [9.17, 15) is 4.79 Å². The van der Waals surface area contributed by atoms with Crippen molar-refractivity contribution in [1.82, 2.24) is 20.2 Å². The molecule has 0 aromatic heterocycles. The summed E-state index contributed by atoms with van der Waals surface area (Å²) < 4.78 is 0. The molecule has 0 radical (unpaired) electrons. The van der Waals surface area contributed by atoms with Gasteiger partial charge in [0.05, 0.1) is 6.54 Å². The van der Waals surface area contributed by atoms with Crippen LogP contribution in [0.1, 0.15) is 6.42 Å². The van der Waals surface area contributed by atoms with E-state index in [1.54, 1.807) is 5.01 Å². The van der Waals surface area contributed by atoms with E-state index < -0.39 is 0 Å². The lowest BCUT2D eigenvalue weighted by molar-refractivity contribution is -0.131. The number of nitrogens with one attached hydrogen (secondary N) is 1. The minimum atomic E-state index is 0.205. The fourth-order valence-corrected chi connectivity index (χ4v) is 1.77. The van der Waals surface area contributed by atoms with Crippen molar-refractivity contribution in [2.75, 3.05) is 47.8 Å². The monoisotopic (exact) mass is 214 g/mol. The van der Waals surface area contributed by atoms with Crippen LogP contribution in [0.25, 0.3) is 0 Å². The molecule has 1 atom stereocenters. The number of rotatable bonds is 4. The van der Waals surface area contributed by atoms with Gasteiger partial charge in [-0.05, 0) is 27.6 Å². The van der Waals surface area contributed by atoms with Crippen LogP contribution in [0.3, 0.4) is 0 Å². The Bertz CT molecular complexity index is 219. The third kappa shape index (κ3) is 3.44. The largest absolute Gasteiger partial charge is 0.340 e. The summed E-state index contributed by atoms with van der Waals surface area (Å²) in [5.74, 6) is 0.205. The van der Waals surface area contributed by atoms with Crippen LogP contribution in [0.5, 0.6) is 0 Å². The van der Waals surface area contributed by atoms with E-state index in [2.05, 4.69) is 24.4 Å². The van der Waals surface area contributed by atoms with Crippen molar-refractivity contribution >= 4 is 5.91 Å². The smallest absolute Gasteiger partial charge is 0.238 e. The molecule has 0 aromatic rings. The quantitative estimate of drug-likeness (QED) is 0.623. The molecule has 5 heteroatoms. The predicted octanol–water partition coefficient (Wildman–Crippen LogP) is -0.785. The number of carbonyl (C=O) groups excluding carboxylic acids is 1. The maximum absolute atomic E-state index is 11.8. The zero-order valence-electron chi connectivity index (χ0n) is 10.2. The van der Waals surface area contributed by atoms with Crippen molar-refractivity contribution in [1.29, 1.82) is 0 Å². The van der Waals surface area contributed by atoms with Gasteiger partial charge >= 0.3 is 0 Å². The SMILES string of the molecule is CNN(C)CC(=O)N1CCC(N(C)C)C1. The fraction of sp³-hybridized carbons (Fsp3) is 0.900. The van der Waals surface area contributed by atoms with Crippen LogP contribution >= 0.6 is 0 Å². The molecule has 88 valence electrons. The summed E-state index contributed by atoms with van der Waals surface area (Å²) in [6, 6.07) is 0.522. The Morgan fingerprint density at radius 1 is 1.47 bits per heavy atom. The highest BCUT2D eigenvalue weighted by atomic mass is 16.2. The number of carbonyl (C=O) groups is 1. The Labute approximate surface area is 92.0 Å². The number of hydrogen-bond donors (Lipinski definition) is 1. The summed E-state index contributed by atoms with van der Waals surface area (Å²) in [5, 5.41) is 1.80. The van der Waals surface area contributed by atoms with Gasteiger partial charge in [-0.15, -0.1) is 0 Å². The van der Waals surface area contributed by atoms with E-state index in [1.807, 2.05) is 19.0 Å². The van der Waals surface area contributed by atoms with Crippen LogP contribution in [-0.2, 0) is 4.79 Å². The van der Waals surface area contributed by atoms with Crippen LogP contribution in [-0.4, -0.2) is 74.6 Å². The van der Waals surface area contributed by atoms with Crippen molar-refractivity contribution in [2.45, 2.75) is 12.5 Å². The normalized spacial score (nSPS) is 21.7. The highest BCUT2D eigenvalue weighted by Gasteiger charge is 2.27. The minimum Gasteiger partial charge on any atom is -0.340 e. The van der Waals surface area contributed by atoms with E-state index in [1.165, 1.54) is 0 Å². The zero-order valence-corrected chi connectivity index (χ0v) is 10.2. The molecule has 0 saturated carbocycles. The first-order chi connectivity index (χ1) is 7.04. The molecule has 1 N–H and O–H groups in total. The van der Waals surface area contributed by atoms with Crippen LogP contribution in [0, 0.1) is 0 Å². The van der Waals surface area contributed by atoms with Gasteiger partial charge in [-0.1, -0.05) is 0 Å². The average molecular weight is 214 g/mol. The lowest BCUT2D eigenvalue weighted by Gasteiger charge is -2.22. The Morgan fingerprint density at radius 2 is 2.13 bits per heavy atom. The molecule has 15 heavy (non-hydrogen) atoms. The summed E-state index contributed by atoms with van der Waals surface area (Å²) in [6.45, 7) is 2.19. The fourth-order valence-electron chi connectivity index (χ4n) is 1.77. The molecule has 1 saturated heterocycles. The number of amides is 1. The van der Waals surface area contributed by atoms with E-state index >= 15 is 0 Å². The highest BCUT2D eigenvalue weighted by molar-refractivity contribution is 5.78. The third-order valence-electron chi connectivity index (χ3n) is 3.00. The van der Waals surface area contributed by atoms with Crippen LogP contribution in [0.4, 0.5) is 0 Å². The molecular formula is C10H22N4O. The molecule has 0 aromatic carbocycles. The maximum atomic E-state index is 11.8. The lowest BCUT2D eigenvalue weighted by Crippen LogP contribution is -2.43. The van der Waals surface area contributed by atoms with Gasteiger partial charge < -0.3 is 9.80 Å². The second-order valence-corrected chi connectivity index (χ2v) is 4.33. The van der Waals surface area contributed by atoms with Gasteiger partial charge in [0.25, 0.3) is 0 Å². The molecule has 0 bridgehead atoms. The Kier molecular flexibility index (Phi) is 4.50. The van der Waals surface area contributed by atoms with Crippen molar-refractivity contribution < 1.29 is 4.79 Å². The first-order valence-electron chi connectivity index (χ1n) is 5.37. The zero-order chi connectivity index (χ0) is 11.4. The molecule has 1 heterocycles. The molecule has 1 rings (SSSR count). The summed E-state index contributed by atoms with van der Waals surface area (Å²) in [6.07, 6.45) is 1.09. The summed E-state index contributed by atoms with van der Waals surface area (Å²) in [5.41, 5.74) is 2.93. The first-order valence-corrected chi connectivity index (χ1v) is 5.37. The average Bonchev–Trinajstić information content (AvgIpc) is 2.66. The Morgan fingerprint density at radius 3 is 2.60 bits per heavy atom. The molecule has 1 amide bonds. The third-order valence-corrected chi connectivity index (χ3v) is 3.00. The molecular weight excluding hydrogens is 192 g/mol. The van der Waals surface area contributed by atoms with E-state index in [0.29, 0.717) is 12.6 Å². The number of likely N-dealkylation sites (N-methyl/N-ethyl adjacent to an activating group) is 2. The van der Waals surface area contributed by atoms with Gasteiger partial charge in [-0.2, -0.15) is 0 Å². The number of hydrazine groups is 1. The minimum absolute atomic E-state index is 0.205. The second-order valence-electron chi connectivity index (χ2n) is 4.33. The van der Waals surface area contributed by atoms with Crippen molar-refractivity contribution in [2.24, 2.45) is 0 Å². The second kappa shape index (κ2) is 5.44.